The van der Waals surface area contributed by atoms with Gasteiger partial charge in [0.25, 0.3) is 0 Å². The van der Waals surface area contributed by atoms with Gasteiger partial charge in [0.1, 0.15) is 0 Å². The third-order valence-electron chi connectivity index (χ3n) is 3.64. The summed E-state index contributed by atoms with van der Waals surface area (Å²) >= 11 is 6.13. The van der Waals surface area contributed by atoms with Gasteiger partial charge in [-0.2, -0.15) is 5.26 Å². The largest absolute Gasteiger partial charge is 0.312 e. The first-order chi connectivity index (χ1) is 8.36. The van der Waals surface area contributed by atoms with Gasteiger partial charge >= 0.3 is 0 Å². The number of hydrogen-bond donors (Lipinski definition) is 1. The van der Waals surface area contributed by atoms with E-state index in [2.05, 4.69) is 39.1 Å². The topological polar surface area (TPSA) is 35.8 Å². The average molecular weight is 265 g/mol. The van der Waals surface area contributed by atoms with Crippen molar-refractivity contribution >= 4 is 11.6 Å². The lowest BCUT2D eigenvalue weighted by Crippen LogP contribution is -2.33. The highest BCUT2D eigenvalue weighted by Crippen LogP contribution is 2.25. The van der Waals surface area contributed by atoms with E-state index in [1.807, 2.05) is 6.07 Å². The number of nitrogens with zero attached hydrogens (tertiary/aromatic N) is 1. The molecule has 0 spiro atoms. The molecule has 0 heterocycles. The van der Waals surface area contributed by atoms with E-state index in [-0.39, 0.29) is 5.41 Å². The van der Waals surface area contributed by atoms with E-state index in [9.17, 15) is 0 Å². The fourth-order valence-corrected chi connectivity index (χ4v) is 1.73. The van der Waals surface area contributed by atoms with E-state index >= 15 is 0 Å². The molecular formula is C15H21ClN2. The molecule has 0 fully saturated rings. The zero-order valence-corrected chi connectivity index (χ0v) is 12.3. The molecule has 0 amide bonds. The second kappa shape index (κ2) is 6.22. The van der Waals surface area contributed by atoms with E-state index in [1.165, 1.54) is 0 Å². The first-order valence-electron chi connectivity index (χ1n) is 6.26. The van der Waals surface area contributed by atoms with Crippen molar-refractivity contribution in [3.63, 3.8) is 0 Å². The Balaban J connectivity index is 2.58. The summed E-state index contributed by atoms with van der Waals surface area (Å²) in [6, 6.07) is 7.51. The standard InChI is InChI=1S/C15H21ClN2/c1-11(2)15(3,4)10-18-9-13-6-5-12(8-17)7-14(13)16/h5-7,11,18H,9-10H2,1-4H3. The van der Waals surface area contributed by atoms with Crippen LogP contribution in [0, 0.1) is 22.7 Å². The quantitative estimate of drug-likeness (QED) is 0.873. The SMILES string of the molecule is CC(C)C(C)(C)CNCc1ccc(C#N)cc1Cl. The number of nitriles is 1. The third-order valence-corrected chi connectivity index (χ3v) is 3.99. The fraction of sp³-hybridized carbons (Fsp3) is 0.533. The van der Waals surface area contributed by atoms with Crippen molar-refractivity contribution in [2.24, 2.45) is 11.3 Å². The number of halogens is 1. The average Bonchev–Trinajstić information content (AvgIpc) is 2.30. The Morgan fingerprint density at radius 1 is 1.39 bits per heavy atom. The normalized spacial score (nSPS) is 11.6. The smallest absolute Gasteiger partial charge is 0.0992 e. The minimum atomic E-state index is 0.263. The Morgan fingerprint density at radius 3 is 2.56 bits per heavy atom. The molecule has 3 heteroatoms. The van der Waals surface area contributed by atoms with Crippen LogP contribution in [0.5, 0.6) is 0 Å². The second-order valence-electron chi connectivity index (χ2n) is 5.66. The molecule has 0 aromatic heterocycles. The van der Waals surface area contributed by atoms with E-state index in [1.54, 1.807) is 12.1 Å². The lowest BCUT2D eigenvalue weighted by atomic mass is 9.81. The summed E-state index contributed by atoms with van der Waals surface area (Å²) in [5.41, 5.74) is 1.90. The van der Waals surface area contributed by atoms with E-state index in [0.717, 1.165) is 18.7 Å². The van der Waals surface area contributed by atoms with Crippen LogP contribution in [0.2, 0.25) is 5.02 Å². The highest BCUT2D eigenvalue weighted by Gasteiger charge is 2.21. The third kappa shape index (κ3) is 4.01. The maximum Gasteiger partial charge on any atom is 0.0992 e. The zero-order valence-electron chi connectivity index (χ0n) is 11.5. The molecule has 0 saturated carbocycles. The molecule has 0 atom stereocenters. The van der Waals surface area contributed by atoms with E-state index in [0.29, 0.717) is 16.5 Å². The number of rotatable bonds is 5. The van der Waals surface area contributed by atoms with Crippen LogP contribution in [0.25, 0.3) is 0 Å². The molecule has 0 unspecified atom stereocenters. The molecule has 98 valence electrons. The van der Waals surface area contributed by atoms with Gasteiger partial charge < -0.3 is 5.32 Å². The van der Waals surface area contributed by atoms with Gasteiger partial charge in [-0.05, 0) is 29.0 Å². The van der Waals surface area contributed by atoms with Gasteiger partial charge in [0, 0.05) is 18.1 Å². The van der Waals surface area contributed by atoms with Crippen LogP contribution in [0.15, 0.2) is 18.2 Å². The maximum atomic E-state index is 8.77. The first kappa shape index (κ1) is 15.0. The van der Waals surface area contributed by atoms with E-state index < -0.39 is 0 Å². The Bertz CT molecular complexity index is 444. The van der Waals surface area contributed by atoms with Crippen LogP contribution in [0.4, 0.5) is 0 Å². The molecule has 0 aliphatic heterocycles. The van der Waals surface area contributed by atoms with E-state index in [4.69, 9.17) is 16.9 Å². The van der Waals surface area contributed by atoms with Gasteiger partial charge in [-0.25, -0.2) is 0 Å². The molecule has 18 heavy (non-hydrogen) atoms. The molecule has 1 aromatic rings. The van der Waals surface area contributed by atoms with Crippen molar-refractivity contribution in [2.45, 2.75) is 34.2 Å². The van der Waals surface area contributed by atoms with Crippen LogP contribution in [-0.4, -0.2) is 6.54 Å². The van der Waals surface area contributed by atoms with Crippen molar-refractivity contribution in [1.29, 1.82) is 5.26 Å². The Kier molecular flexibility index (Phi) is 5.19. The summed E-state index contributed by atoms with van der Waals surface area (Å²) in [7, 11) is 0. The summed E-state index contributed by atoms with van der Waals surface area (Å²) in [5, 5.41) is 12.9. The van der Waals surface area contributed by atoms with Gasteiger partial charge in [-0.1, -0.05) is 45.4 Å². The number of nitrogens with one attached hydrogen (secondary N) is 1. The highest BCUT2D eigenvalue weighted by atomic mass is 35.5. The van der Waals surface area contributed by atoms with Crippen LogP contribution in [-0.2, 0) is 6.54 Å². The maximum absolute atomic E-state index is 8.77. The van der Waals surface area contributed by atoms with Gasteiger partial charge in [-0.15, -0.1) is 0 Å². The predicted molar refractivity (Wildman–Crippen MR) is 76.5 cm³/mol. The van der Waals surface area contributed by atoms with Crippen molar-refractivity contribution in [3.05, 3.63) is 34.3 Å². The summed E-state index contributed by atoms with van der Waals surface area (Å²) in [4.78, 5) is 0. The Morgan fingerprint density at radius 2 is 2.06 bits per heavy atom. The van der Waals surface area contributed by atoms with Crippen molar-refractivity contribution in [1.82, 2.24) is 5.32 Å². The molecule has 0 saturated heterocycles. The lowest BCUT2D eigenvalue weighted by Gasteiger charge is -2.29. The molecular weight excluding hydrogens is 244 g/mol. The van der Waals surface area contributed by atoms with Crippen molar-refractivity contribution in [2.75, 3.05) is 6.54 Å². The van der Waals surface area contributed by atoms with Crippen LogP contribution in [0.3, 0.4) is 0 Å². The van der Waals surface area contributed by atoms with Crippen molar-refractivity contribution in [3.8, 4) is 6.07 Å². The number of benzene rings is 1. The van der Waals surface area contributed by atoms with Crippen LogP contribution < -0.4 is 5.32 Å². The summed E-state index contributed by atoms with van der Waals surface area (Å²) < 4.78 is 0. The van der Waals surface area contributed by atoms with Crippen molar-refractivity contribution < 1.29 is 0 Å². The van der Waals surface area contributed by atoms with Gasteiger partial charge in [-0.3, -0.25) is 0 Å². The van der Waals surface area contributed by atoms with Gasteiger partial charge in [0.05, 0.1) is 11.6 Å². The summed E-state index contributed by atoms with van der Waals surface area (Å²) in [5.74, 6) is 0.626. The highest BCUT2D eigenvalue weighted by molar-refractivity contribution is 6.31. The number of hydrogen-bond acceptors (Lipinski definition) is 2. The van der Waals surface area contributed by atoms with Gasteiger partial charge in [0.15, 0.2) is 0 Å². The second-order valence-corrected chi connectivity index (χ2v) is 6.07. The molecule has 0 aliphatic rings. The zero-order chi connectivity index (χ0) is 13.8. The molecule has 1 N–H and O–H groups in total. The van der Waals surface area contributed by atoms with Crippen LogP contribution >= 0.6 is 11.6 Å². The minimum Gasteiger partial charge on any atom is -0.312 e. The fourth-order valence-electron chi connectivity index (χ4n) is 1.48. The molecule has 0 radical (unpaired) electrons. The van der Waals surface area contributed by atoms with Gasteiger partial charge in [0.2, 0.25) is 0 Å². The molecule has 0 aliphatic carbocycles. The Hall–Kier alpha value is -1.04. The summed E-state index contributed by atoms with van der Waals surface area (Å²) in [6.45, 7) is 10.7. The molecule has 2 nitrogen and oxygen atoms in total. The first-order valence-corrected chi connectivity index (χ1v) is 6.64. The lowest BCUT2D eigenvalue weighted by molar-refractivity contribution is 0.238. The monoisotopic (exact) mass is 264 g/mol. The molecule has 1 rings (SSSR count). The predicted octanol–water partition coefficient (Wildman–Crippen LogP) is 3.98. The Labute approximate surface area is 115 Å². The van der Waals surface area contributed by atoms with Crippen LogP contribution in [0.1, 0.15) is 38.8 Å². The molecule has 0 bridgehead atoms. The minimum absolute atomic E-state index is 0.263. The summed E-state index contributed by atoms with van der Waals surface area (Å²) in [6.07, 6.45) is 0. The molecule has 1 aromatic carbocycles.